The lowest BCUT2D eigenvalue weighted by molar-refractivity contribution is -0.0206. The van der Waals surface area contributed by atoms with Gasteiger partial charge in [-0.2, -0.15) is 16.4 Å². The molecule has 3 aromatic rings. The number of hydrazone groups is 1. The molecule has 0 aliphatic carbocycles. The first kappa shape index (κ1) is 18.1. The first-order chi connectivity index (χ1) is 14.3. The molecule has 0 spiro atoms. The van der Waals surface area contributed by atoms with Gasteiger partial charge >= 0.3 is 0 Å². The number of ether oxygens (including phenoxy) is 3. The molecule has 0 saturated carbocycles. The van der Waals surface area contributed by atoms with Crippen molar-refractivity contribution in [1.29, 1.82) is 0 Å². The fourth-order valence-electron chi connectivity index (χ4n) is 3.96. The van der Waals surface area contributed by atoms with Gasteiger partial charge in [-0.25, -0.2) is 5.01 Å². The molecule has 0 saturated heterocycles. The highest BCUT2D eigenvalue weighted by atomic mass is 32.1. The Morgan fingerprint density at radius 1 is 1.17 bits per heavy atom. The number of methoxy groups -OCH3 is 1. The molecule has 148 valence electrons. The van der Waals surface area contributed by atoms with Crippen LogP contribution in [0.2, 0.25) is 0 Å². The quantitative estimate of drug-likeness (QED) is 0.569. The minimum atomic E-state index is -0.268. The van der Waals surface area contributed by atoms with Gasteiger partial charge in [0.05, 0.1) is 25.5 Å². The summed E-state index contributed by atoms with van der Waals surface area (Å²) in [5, 5.41) is 11.3. The number of nitrogens with zero attached hydrogens (tertiary/aromatic N) is 2. The van der Waals surface area contributed by atoms with E-state index < -0.39 is 0 Å². The first-order valence-corrected chi connectivity index (χ1v) is 10.7. The van der Waals surface area contributed by atoms with Gasteiger partial charge < -0.3 is 14.2 Å². The number of para-hydroxylation sites is 1. The highest BCUT2D eigenvalue weighted by molar-refractivity contribution is 7.07. The van der Waals surface area contributed by atoms with Crippen LogP contribution < -0.4 is 14.2 Å². The second-order valence-corrected chi connectivity index (χ2v) is 7.79. The number of rotatable bonds is 5. The van der Waals surface area contributed by atoms with Crippen molar-refractivity contribution in [3.05, 3.63) is 76.0 Å². The SMILES string of the molecule is CCOc1ccc(C2=NN3[C@H](C2)c2cccc(OC)c2O[C@H]3c2ccsc2)cc1. The van der Waals surface area contributed by atoms with E-state index in [0.29, 0.717) is 6.61 Å². The third-order valence-corrected chi connectivity index (χ3v) is 6.03. The van der Waals surface area contributed by atoms with Gasteiger partial charge in [-0.3, -0.25) is 0 Å². The molecule has 2 atom stereocenters. The zero-order valence-corrected chi connectivity index (χ0v) is 17.2. The van der Waals surface area contributed by atoms with Crippen molar-refractivity contribution in [1.82, 2.24) is 5.01 Å². The minimum Gasteiger partial charge on any atom is -0.494 e. The molecule has 5 rings (SSSR count). The molecule has 0 unspecified atom stereocenters. The van der Waals surface area contributed by atoms with E-state index in [1.165, 1.54) is 0 Å². The molecule has 0 radical (unpaired) electrons. The number of thiophene rings is 1. The molecule has 5 nitrogen and oxygen atoms in total. The van der Waals surface area contributed by atoms with Crippen LogP contribution in [-0.2, 0) is 0 Å². The Labute approximate surface area is 174 Å². The highest BCUT2D eigenvalue weighted by Crippen LogP contribution is 2.50. The largest absolute Gasteiger partial charge is 0.494 e. The summed E-state index contributed by atoms with van der Waals surface area (Å²) >= 11 is 1.66. The van der Waals surface area contributed by atoms with E-state index in [4.69, 9.17) is 19.3 Å². The maximum Gasteiger partial charge on any atom is 0.214 e. The van der Waals surface area contributed by atoms with Crippen molar-refractivity contribution < 1.29 is 14.2 Å². The Kier molecular flexibility index (Phi) is 4.64. The molecule has 1 aromatic heterocycles. The molecule has 0 fully saturated rings. The maximum atomic E-state index is 6.43. The molecule has 0 N–H and O–H groups in total. The molecular weight excluding hydrogens is 384 g/mol. The van der Waals surface area contributed by atoms with Crippen LogP contribution in [0.25, 0.3) is 0 Å². The van der Waals surface area contributed by atoms with E-state index >= 15 is 0 Å². The Balaban J connectivity index is 1.54. The van der Waals surface area contributed by atoms with Crippen molar-refractivity contribution in [2.24, 2.45) is 5.10 Å². The third-order valence-electron chi connectivity index (χ3n) is 5.33. The predicted molar refractivity (Wildman–Crippen MR) is 114 cm³/mol. The molecule has 3 heterocycles. The van der Waals surface area contributed by atoms with Gasteiger partial charge in [-0.1, -0.05) is 12.1 Å². The van der Waals surface area contributed by atoms with Crippen LogP contribution in [-0.4, -0.2) is 24.4 Å². The van der Waals surface area contributed by atoms with Crippen LogP contribution in [0.4, 0.5) is 0 Å². The summed E-state index contributed by atoms with van der Waals surface area (Å²) in [6.07, 6.45) is 0.549. The van der Waals surface area contributed by atoms with Crippen LogP contribution in [0, 0.1) is 0 Å². The van der Waals surface area contributed by atoms with E-state index in [9.17, 15) is 0 Å². The lowest BCUT2D eigenvalue weighted by Gasteiger charge is -2.38. The van der Waals surface area contributed by atoms with E-state index in [-0.39, 0.29) is 12.3 Å². The Morgan fingerprint density at radius 2 is 2.03 bits per heavy atom. The van der Waals surface area contributed by atoms with Crippen molar-refractivity contribution in [2.75, 3.05) is 13.7 Å². The maximum absolute atomic E-state index is 6.43. The van der Waals surface area contributed by atoms with Crippen LogP contribution >= 0.6 is 11.3 Å². The lowest BCUT2D eigenvalue weighted by Crippen LogP contribution is -2.33. The second kappa shape index (κ2) is 7.44. The zero-order chi connectivity index (χ0) is 19.8. The van der Waals surface area contributed by atoms with E-state index in [1.807, 2.05) is 31.2 Å². The van der Waals surface area contributed by atoms with Gasteiger partial charge in [0.15, 0.2) is 11.5 Å². The average molecular weight is 407 g/mol. The summed E-state index contributed by atoms with van der Waals surface area (Å²) in [4.78, 5) is 0. The van der Waals surface area contributed by atoms with E-state index in [2.05, 4.69) is 40.0 Å². The van der Waals surface area contributed by atoms with Crippen LogP contribution in [0.1, 0.15) is 42.3 Å². The minimum absolute atomic E-state index is 0.111. The predicted octanol–water partition coefficient (Wildman–Crippen LogP) is 5.40. The van der Waals surface area contributed by atoms with Gasteiger partial charge in [0.25, 0.3) is 0 Å². The fraction of sp³-hybridized carbons (Fsp3) is 0.261. The Bertz CT molecular complexity index is 1030. The van der Waals surface area contributed by atoms with Gasteiger partial charge in [-0.15, -0.1) is 0 Å². The number of fused-ring (bicyclic) bond motifs is 3. The molecule has 2 aromatic carbocycles. The van der Waals surface area contributed by atoms with Crippen molar-refractivity contribution in [2.45, 2.75) is 25.6 Å². The number of benzene rings is 2. The molecular formula is C23H22N2O3S. The van der Waals surface area contributed by atoms with Crippen molar-refractivity contribution in [3.63, 3.8) is 0 Å². The first-order valence-electron chi connectivity index (χ1n) is 9.73. The van der Waals surface area contributed by atoms with Crippen molar-refractivity contribution in [3.8, 4) is 17.2 Å². The lowest BCUT2D eigenvalue weighted by atomic mass is 9.96. The Morgan fingerprint density at radius 3 is 2.76 bits per heavy atom. The van der Waals surface area contributed by atoms with Gasteiger partial charge in [0.2, 0.25) is 6.23 Å². The topological polar surface area (TPSA) is 43.3 Å². The monoisotopic (exact) mass is 406 g/mol. The fourth-order valence-corrected chi connectivity index (χ4v) is 4.63. The number of hydrogen-bond acceptors (Lipinski definition) is 6. The molecule has 0 bridgehead atoms. The summed E-state index contributed by atoms with van der Waals surface area (Å²) in [5.74, 6) is 2.45. The van der Waals surface area contributed by atoms with Crippen LogP contribution in [0.3, 0.4) is 0 Å². The van der Waals surface area contributed by atoms with Gasteiger partial charge in [-0.05, 0) is 59.6 Å². The van der Waals surface area contributed by atoms with Gasteiger partial charge in [0, 0.05) is 17.5 Å². The van der Waals surface area contributed by atoms with Crippen molar-refractivity contribution >= 4 is 17.0 Å². The summed E-state index contributed by atoms with van der Waals surface area (Å²) in [7, 11) is 1.68. The highest BCUT2D eigenvalue weighted by Gasteiger charge is 2.42. The van der Waals surface area contributed by atoms with E-state index in [1.54, 1.807) is 18.4 Å². The summed E-state index contributed by atoms with van der Waals surface area (Å²) in [5.41, 5.74) is 4.38. The molecule has 2 aliphatic heterocycles. The standard InChI is InChI=1S/C23H22N2O3S/c1-3-27-17-9-7-15(8-10-17)19-13-20-18-5-4-6-21(26-2)22(18)28-23(25(20)24-19)16-11-12-29-14-16/h4-12,14,20,23H,3,13H2,1-2H3/t20-,23+/m1/s1. The molecule has 2 aliphatic rings. The molecule has 0 amide bonds. The number of hydrogen-bond donors (Lipinski definition) is 0. The molecule has 29 heavy (non-hydrogen) atoms. The summed E-state index contributed by atoms with van der Waals surface area (Å²) in [6, 6.07) is 16.4. The summed E-state index contributed by atoms with van der Waals surface area (Å²) in [6.45, 7) is 2.65. The van der Waals surface area contributed by atoms with Gasteiger partial charge in [0.1, 0.15) is 5.75 Å². The second-order valence-electron chi connectivity index (χ2n) is 7.01. The normalized spacial score (nSPS) is 19.8. The van der Waals surface area contributed by atoms with E-state index in [0.717, 1.165) is 46.1 Å². The third kappa shape index (κ3) is 3.13. The Hall–Kier alpha value is -2.99. The smallest absolute Gasteiger partial charge is 0.214 e. The molecule has 6 heteroatoms. The average Bonchev–Trinajstić information content (AvgIpc) is 3.44. The van der Waals surface area contributed by atoms with Crippen LogP contribution in [0.5, 0.6) is 17.2 Å². The zero-order valence-electron chi connectivity index (χ0n) is 16.4. The summed E-state index contributed by atoms with van der Waals surface area (Å²) < 4.78 is 17.6. The van der Waals surface area contributed by atoms with Crippen LogP contribution in [0.15, 0.2) is 64.4 Å².